The third kappa shape index (κ3) is 3.28. The van der Waals surface area contributed by atoms with Gasteiger partial charge in [0.2, 0.25) is 0 Å². The number of nitrogens with one attached hydrogen (secondary N) is 1. The SMILES string of the molecule is CCn1nc(C(=O)Nc2cnn(-c3cc(C)ccc3C)c2C)ccc1=O. The summed E-state index contributed by atoms with van der Waals surface area (Å²) in [5.74, 6) is -0.379. The number of hydrogen-bond acceptors (Lipinski definition) is 4. The summed E-state index contributed by atoms with van der Waals surface area (Å²) >= 11 is 0. The number of carbonyl (C=O) groups excluding carboxylic acids is 1. The zero-order valence-corrected chi connectivity index (χ0v) is 15.3. The van der Waals surface area contributed by atoms with Crippen LogP contribution in [0, 0.1) is 20.8 Å². The maximum Gasteiger partial charge on any atom is 0.276 e. The number of aryl methyl sites for hydroxylation is 3. The molecule has 2 heterocycles. The number of anilines is 1. The van der Waals surface area contributed by atoms with Gasteiger partial charge in [-0.1, -0.05) is 12.1 Å². The molecule has 2 aromatic heterocycles. The highest BCUT2D eigenvalue weighted by molar-refractivity contribution is 6.03. The van der Waals surface area contributed by atoms with Crippen molar-refractivity contribution in [3.05, 3.63) is 69.4 Å². The van der Waals surface area contributed by atoms with Crippen molar-refractivity contribution in [1.82, 2.24) is 19.6 Å². The van der Waals surface area contributed by atoms with Gasteiger partial charge >= 0.3 is 0 Å². The molecule has 0 aliphatic heterocycles. The van der Waals surface area contributed by atoms with Crippen LogP contribution >= 0.6 is 0 Å². The zero-order valence-electron chi connectivity index (χ0n) is 15.3. The molecule has 1 N–H and O–H groups in total. The molecule has 0 radical (unpaired) electrons. The predicted octanol–water partition coefficient (Wildman–Crippen LogP) is 2.63. The highest BCUT2D eigenvalue weighted by Gasteiger charge is 2.15. The molecule has 0 unspecified atom stereocenters. The Bertz CT molecular complexity index is 1030. The van der Waals surface area contributed by atoms with Gasteiger partial charge in [-0.05, 0) is 51.0 Å². The number of aromatic nitrogens is 4. The Labute approximate surface area is 151 Å². The molecule has 1 aromatic carbocycles. The van der Waals surface area contributed by atoms with E-state index in [1.807, 2.05) is 26.8 Å². The molecule has 0 saturated heterocycles. The van der Waals surface area contributed by atoms with Gasteiger partial charge in [0.1, 0.15) is 5.69 Å². The first-order valence-electron chi connectivity index (χ1n) is 8.42. The van der Waals surface area contributed by atoms with Crippen molar-refractivity contribution in [2.24, 2.45) is 0 Å². The summed E-state index contributed by atoms with van der Waals surface area (Å²) in [5, 5.41) is 11.3. The van der Waals surface area contributed by atoms with Gasteiger partial charge in [0.25, 0.3) is 11.5 Å². The van der Waals surface area contributed by atoms with Gasteiger partial charge in [0.05, 0.1) is 23.3 Å². The van der Waals surface area contributed by atoms with E-state index >= 15 is 0 Å². The summed E-state index contributed by atoms with van der Waals surface area (Å²) in [6, 6.07) is 8.92. The molecule has 0 aliphatic carbocycles. The van der Waals surface area contributed by atoms with Crippen molar-refractivity contribution < 1.29 is 4.79 Å². The first kappa shape index (κ1) is 17.6. The van der Waals surface area contributed by atoms with Crippen LogP contribution in [0.2, 0.25) is 0 Å². The minimum Gasteiger partial charge on any atom is -0.318 e. The van der Waals surface area contributed by atoms with Gasteiger partial charge in [-0.3, -0.25) is 9.59 Å². The quantitative estimate of drug-likeness (QED) is 0.783. The van der Waals surface area contributed by atoms with Gasteiger partial charge in [0, 0.05) is 12.6 Å². The van der Waals surface area contributed by atoms with Gasteiger partial charge < -0.3 is 5.32 Å². The van der Waals surface area contributed by atoms with Crippen molar-refractivity contribution >= 4 is 11.6 Å². The van der Waals surface area contributed by atoms with E-state index in [4.69, 9.17) is 0 Å². The second-order valence-corrected chi connectivity index (χ2v) is 6.17. The van der Waals surface area contributed by atoms with Crippen LogP contribution in [0.4, 0.5) is 5.69 Å². The van der Waals surface area contributed by atoms with Gasteiger partial charge in [-0.2, -0.15) is 10.2 Å². The van der Waals surface area contributed by atoms with E-state index in [0.717, 1.165) is 22.5 Å². The topological polar surface area (TPSA) is 81.8 Å². The number of amides is 1. The van der Waals surface area contributed by atoms with E-state index in [0.29, 0.717) is 12.2 Å². The predicted molar refractivity (Wildman–Crippen MR) is 99.9 cm³/mol. The number of nitrogens with zero attached hydrogens (tertiary/aromatic N) is 4. The lowest BCUT2D eigenvalue weighted by Gasteiger charge is -2.10. The van der Waals surface area contributed by atoms with Crippen LogP contribution < -0.4 is 10.9 Å². The lowest BCUT2D eigenvalue weighted by Crippen LogP contribution is -2.25. The molecule has 0 bridgehead atoms. The molecule has 0 fully saturated rings. The van der Waals surface area contributed by atoms with Crippen LogP contribution in [0.1, 0.15) is 34.2 Å². The van der Waals surface area contributed by atoms with Crippen LogP contribution in [0.15, 0.2) is 41.3 Å². The van der Waals surface area contributed by atoms with E-state index in [1.54, 1.807) is 17.8 Å². The van der Waals surface area contributed by atoms with Crippen LogP contribution in [0.3, 0.4) is 0 Å². The van der Waals surface area contributed by atoms with Gasteiger partial charge in [-0.15, -0.1) is 0 Å². The summed E-state index contributed by atoms with van der Waals surface area (Å²) in [6.45, 7) is 8.15. The normalized spacial score (nSPS) is 10.8. The average Bonchev–Trinajstić information content (AvgIpc) is 2.98. The maximum atomic E-state index is 12.5. The van der Waals surface area contributed by atoms with Crippen molar-refractivity contribution in [3.63, 3.8) is 0 Å². The third-order valence-electron chi connectivity index (χ3n) is 4.25. The highest BCUT2D eigenvalue weighted by Crippen LogP contribution is 2.22. The second kappa shape index (κ2) is 6.95. The van der Waals surface area contributed by atoms with Crippen molar-refractivity contribution in [1.29, 1.82) is 0 Å². The Morgan fingerprint density at radius 2 is 1.92 bits per heavy atom. The Balaban J connectivity index is 1.90. The molecule has 1 amide bonds. The monoisotopic (exact) mass is 351 g/mol. The van der Waals surface area contributed by atoms with Crippen LogP contribution in [0.25, 0.3) is 5.69 Å². The summed E-state index contributed by atoms with van der Waals surface area (Å²) in [5.41, 5.74) is 4.57. The lowest BCUT2D eigenvalue weighted by molar-refractivity contribution is 0.102. The number of carbonyl (C=O) groups is 1. The van der Waals surface area contributed by atoms with Crippen molar-refractivity contribution in [3.8, 4) is 5.69 Å². The van der Waals surface area contributed by atoms with Crippen molar-refractivity contribution in [2.75, 3.05) is 5.32 Å². The molecular formula is C19H21N5O2. The van der Waals surface area contributed by atoms with E-state index in [-0.39, 0.29) is 17.2 Å². The molecule has 0 saturated carbocycles. The minimum atomic E-state index is -0.379. The maximum absolute atomic E-state index is 12.5. The molecule has 134 valence electrons. The summed E-state index contributed by atoms with van der Waals surface area (Å²) < 4.78 is 3.06. The fourth-order valence-electron chi connectivity index (χ4n) is 2.71. The van der Waals surface area contributed by atoms with Gasteiger partial charge in [0.15, 0.2) is 0 Å². The molecule has 26 heavy (non-hydrogen) atoms. The molecule has 7 nitrogen and oxygen atoms in total. The minimum absolute atomic E-state index is 0.185. The fraction of sp³-hybridized carbons (Fsp3) is 0.263. The Morgan fingerprint density at radius 3 is 2.65 bits per heavy atom. The second-order valence-electron chi connectivity index (χ2n) is 6.17. The van der Waals surface area contributed by atoms with Crippen LogP contribution in [0.5, 0.6) is 0 Å². The van der Waals surface area contributed by atoms with Crippen LogP contribution in [-0.2, 0) is 6.54 Å². The molecule has 0 atom stereocenters. The molecule has 3 aromatic rings. The number of rotatable bonds is 4. The summed E-state index contributed by atoms with van der Waals surface area (Å²) in [6.07, 6.45) is 1.62. The standard InChI is InChI=1S/C19H21N5O2/c1-5-23-18(25)9-8-15(22-23)19(26)21-16-11-20-24(14(16)4)17-10-12(2)6-7-13(17)3/h6-11H,5H2,1-4H3,(H,21,26). The summed E-state index contributed by atoms with van der Waals surface area (Å²) in [7, 11) is 0. The van der Waals surface area contributed by atoms with E-state index in [9.17, 15) is 9.59 Å². The molecule has 7 heteroatoms. The summed E-state index contributed by atoms with van der Waals surface area (Å²) in [4.78, 5) is 24.1. The van der Waals surface area contributed by atoms with E-state index in [1.165, 1.54) is 16.8 Å². The fourth-order valence-corrected chi connectivity index (χ4v) is 2.71. The molecular weight excluding hydrogens is 330 g/mol. The Kier molecular flexibility index (Phi) is 4.71. The molecule has 0 spiro atoms. The molecule has 3 rings (SSSR count). The van der Waals surface area contributed by atoms with Crippen LogP contribution in [-0.4, -0.2) is 25.5 Å². The van der Waals surface area contributed by atoms with E-state index in [2.05, 4.69) is 27.6 Å². The molecule has 0 aliphatic rings. The highest BCUT2D eigenvalue weighted by atomic mass is 16.2. The van der Waals surface area contributed by atoms with E-state index < -0.39 is 0 Å². The third-order valence-corrected chi connectivity index (χ3v) is 4.25. The first-order valence-corrected chi connectivity index (χ1v) is 8.42. The lowest BCUT2D eigenvalue weighted by atomic mass is 10.1. The smallest absolute Gasteiger partial charge is 0.276 e. The number of hydrogen-bond donors (Lipinski definition) is 1. The zero-order chi connectivity index (χ0) is 18.8. The number of benzene rings is 1. The largest absolute Gasteiger partial charge is 0.318 e. The van der Waals surface area contributed by atoms with Crippen molar-refractivity contribution in [2.45, 2.75) is 34.2 Å². The Morgan fingerprint density at radius 1 is 1.15 bits per heavy atom. The Hall–Kier alpha value is -3.22. The average molecular weight is 351 g/mol. The van der Waals surface area contributed by atoms with Gasteiger partial charge in [-0.25, -0.2) is 9.36 Å². The first-order chi connectivity index (χ1) is 12.4.